The summed E-state index contributed by atoms with van der Waals surface area (Å²) in [5.41, 5.74) is 1.09. The Hall–Kier alpha value is -2.14. The standard InChI is InChI=1S/C16H21N3O2/c1-3-16(2,7-10-20)18-15(21)13-5-4-6-14(11-13)19-9-8-17-12-19/h4-6,8-9,11-12,20H,3,7,10H2,1-2H3,(H,18,21). The highest BCUT2D eigenvalue weighted by atomic mass is 16.3. The maximum Gasteiger partial charge on any atom is 0.251 e. The fourth-order valence-electron chi connectivity index (χ4n) is 2.14. The van der Waals surface area contributed by atoms with Crippen molar-refractivity contribution in [1.29, 1.82) is 0 Å². The second-order valence-electron chi connectivity index (χ2n) is 5.36. The molecule has 1 unspecified atom stereocenters. The van der Waals surface area contributed by atoms with Crippen molar-refractivity contribution in [3.63, 3.8) is 0 Å². The lowest BCUT2D eigenvalue weighted by Crippen LogP contribution is -2.46. The van der Waals surface area contributed by atoms with Crippen LogP contribution >= 0.6 is 0 Å². The maximum absolute atomic E-state index is 12.4. The molecule has 112 valence electrons. The van der Waals surface area contributed by atoms with E-state index < -0.39 is 5.54 Å². The van der Waals surface area contributed by atoms with E-state index in [-0.39, 0.29) is 12.5 Å². The predicted molar refractivity (Wildman–Crippen MR) is 81.4 cm³/mol. The average molecular weight is 287 g/mol. The van der Waals surface area contributed by atoms with E-state index >= 15 is 0 Å². The number of rotatable bonds is 6. The molecule has 0 radical (unpaired) electrons. The first-order chi connectivity index (χ1) is 10.1. The Morgan fingerprint density at radius 1 is 1.48 bits per heavy atom. The highest BCUT2D eigenvalue weighted by Crippen LogP contribution is 2.16. The molecule has 0 aliphatic heterocycles. The topological polar surface area (TPSA) is 67.2 Å². The minimum Gasteiger partial charge on any atom is -0.396 e. The monoisotopic (exact) mass is 287 g/mol. The number of imidazole rings is 1. The number of carbonyl (C=O) groups is 1. The third-order valence-corrected chi connectivity index (χ3v) is 3.77. The molecule has 2 rings (SSSR count). The second-order valence-corrected chi connectivity index (χ2v) is 5.36. The van der Waals surface area contributed by atoms with Gasteiger partial charge < -0.3 is 15.0 Å². The molecule has 1 aromatic heterocycles. The van der Waals surface area contributed by atoms with Crippen LogP contribution in [-0.2, 0) is 0 Å². The van der Waals surface area contributed by atoms with Gasteiger partial charge in [-0.05, 0) is 38.0 Å². The van der Waals surface area contributed by atoms with Crippen LogP contribution in [0, 0.1) is 0 Å². The van der Waals surface area contributed by atoms with E-state index in [0.717, 1.165) is 12.1 Å². The Labute approximate surface area is 124 Å². The Kier molecular flexibility index (Phi) is 4.75. The summed E-state index contributed by atoms with van der Waals surface area (Å²) in [6.45, 7) is 4.00. The number of hydrogen-bond donors (Lipinski definition) is 2. The molecule has 0 fully saturated rings. The molecule has 0 spiro atoms. The molecule has 2 aromatic rings. The molecular formula is C16H21N3O2. The number of hydrogen-bond acceptors (Lipinski definition) is 3. The molecular weight excluding hydrogens is 266 g/mol. The van der Waals surface area contributed by atoms with Gasteiger partial charge in [-0.15, -0.1) is 0 Å². The molecule has 1 atom stereocenters. The largest absolute Gasteiger partial charge is 0.396 e. The zero-order valence-corrected chi connectivity index (χ0v) is 12.4. The van der Waals surface area contributed by atoms with Crippen LogP contribution in [0.15, 0.2) is 43.0 Å². The maximum atomic E-state index is 12.4. The van der Waals surface area contributed by atoms with E-state index in [9.17, 15) is 4.79 Å². The molecule has 0 saturated heterocycles. The number of nitrogens with zero attached hydrogens (tertiary/aromatic N) is 2. The first-order valence-corrected chi connectivity index (χ1v) is 7.10. The number of amides is 1. The van der Waals surface area contributed by atoms with Crippen molar-refractivity contribution in [3.8, 4) is 5.69 Å². The number of nitrogens with one attached hydrogen (secondary N) is 1. The van der Waals surface area contributed by atoms with Gasteiger partial charge in [-0.25, -0.2) is 4.98 Å². The molecule has 1 heterocycles. The third kappa shape index (κ3) is 3.70. The lowest BCUT2D eigenvalue weighted by molar-refractivity contribution is 0.0886. The molecule has 0 aliphatic carbocycles. The zero-order valence-electron chi connectivity index (χ0n) is 12.4. The number of aromatic nitrogens is 2. The molecule has 1 aromatic carbocycles. The average Bonchev–Trinajstić information content (AvgIpc) is 3.02. The smallest absolute Gasteiger partial charge is 0.251 e. The van der Waals surface area contributed by atoms with Crippen molar-refractivity contribution in [3.05, 3.63) is 48.5 Å². The van der Waals surface area contributed by atoms with E-state index in [1.165, 1.54) is 0 Å². The summed E-state index contributed by atoms with van der Waals surface area (Å²) in [7, 11) is 0. The van der Waals surface area contributed by atoms with Gasteiger partial charge in [0, 0.05) is 35.8 Å². The van der Waals surface area contributed by atoms with Crippen LogP contribution in [0.2, 0.25) is 0 Å². The summed E-state index contributed by atoms with van der Waals surface area (Å²) >= 11 is 0. The molecule has 0 bridgehead atoms. The fraction of sp³-hybridized carbons (Fsp3) is 0.375. The van der Waals surface area contributed by atoms with E-state index in [1.807, 2.05) is 42.8 Å². The Bertz CT molecular complexity index is 595. The first kappa shape index (κ1) is 15.3. The molecule has 0 saturated carbocycles. The summed E-state index contributed by atoms with van der Waals surface area (Å²) in [5, 5.41) is 12.1. The van der Waals surface area contributed by atoms with Crippen LogP contribution in [0.1, 0.15) is 37.0 Å². The van der Waals surface area contributed by atoms with Crippen LogP contribution in [0.4, 0.5) is 0 Å². The highest BCUT2D eigenvalue weighted by Gasteiger charge is 2.24. The van der Waals surface area contributed by atoms with Crippen LogP contribution < -0.4 is 5.32 Å². The van der Waals surface area contributed by atoms with Gasteiger partial charge in [-0.3, -0.25) is 4.79 Å². The molecule has 2 N–H and O–H groups in total. The Morgan fingerprint density at radius 2 is 2.29 bits per heavy atom. The summed E-state index contributed by atoms with van der Waals surface area (Å²) in [6, 6.07) is 7.38. The summed E-state index contributed by atoms with van der Waals surface area (Å²) in [5.74, 6) is -0.130. The third-order valence-electron chi connectivity index (χ3n) is 3.77. The molecule has 0 aliphatic rings. The quantitative estimate of drug-likeness (QED) is 0.855. The number of carbonyl (C=O) groups excluding carboxylic acids is 1. The van der Waals surface area contributed by atoms with Crippen molar-refractivity contribution < 1.29 is 9.90 Å². The van der Waals surface area contributed by atoms with Gasteiger partial charge in [0.15, 0.2) is 0 Å². The summed E-state index contributed by atoms with van der Waals surface area (Å²) in [6.07, 6.45) is 6.52. The predicted octanol–water partition coefficient (Wildman–Crippen LogP) is 2.15. The Balaban J connectivity index is 2.18. The van der Waals surface area contributed by atoms with E-state index in [1.54, 1.807) is 18.6 Å². The van der Waals surface area contributed by atoms with E-state index in [0.29, 0.717) is 12.0 Å². The van der Waals surface area contributed by atoms with Crippen LogP contribution in [-0.4, -0.2) is 32.7 Å². The molecule has 1 amide bonds. The fourth-order valence-corrected chi connectivity index (χ4v) is 2.14. The van der Waals surface area contributed by atoms with Crippen molar-refractivity contribution in [2.24, 2.45) is 0 Å². The van der Waals surface area contributed by atoms with Gasteiger partial charge >= 0.3 is 0 Å². The van der Waals surface area contributed by atoms with Crippen molar-refractivity contribution >= 4 is 5.91 Å². The minimum atomic E-state index is -0.392. The van der Waals surface area contributed by atoms with Gasteiger partial charge in [-0.2, -0.15) is 0 Å². The first-order valence-electron chi connectivity index (χ1n) is 7.10. The second kappa shape index (κ2) is 6.54. The van der Waals surface area contributed by atoms with E-state index in [4.69, 9.17) is 5.11 Å². The molecule has 5 nitrogen and oxygen atoms in total. The van der Waals surface area contributed by atoms with Gasteiger partial charge in [0.05, 0.1) is 6.33 Å². The normalized spacial score (nSPS) is 13.7. The van der Waals surface area contributed by atoms with E-state index in [2.05, 4.69) is 10.3 Å². The van der Waals surface area contributed by atoms with Crippen molar-refractivity contribution in [1.82, 2.24) is 14.9 Å². The highest BCUT2D eigenvalue weighted by molar-refractivity contribution is 5.95. The van der Waals surface area contributed by atoms with Crippen LogP contribution in [0.3, 0.4) is 0 Å². The van der Waals surface area contributed by atoms with Gasteiger partial charge in [0.25, 0.3) is 5.91 Å². The summed E-state index contributed by atoms with van der Waals surface area (Å²) in [4.78, 5) is 16.4. The van der Waals surface area contributed by atoms with Gasteiger partial charge in [0.1, 0.15) is 0 Å². The Morgan fingerprint density at radius 3 is 2.90 bits per heavy atom. The number of benzene rings is 1. The molecule has 5 heteroatoms. The van der Waals surface area contributed by atoms with Crippen LogP contribution in [0.5, 0.6) is 0 Å². The lowest BCUT2D eigenvalue weighted by atomic mass is 9.94. The number of aliphatic hydroxyl groups excluding tert-OH is 1. The van der Waals surface area contributed by atoms with Crippen LogP contribution in [0.25, 0.3) is 5.69 Å². The van der Waals surface area contributed by atoms with Gasteiger partial charge in [-0.1, -0.05) is 13.0 Å². The minimum absolute atomic E-state index is 0.0553. The lowest BCUT2D eigenvalue weighted by Gasteiger charge is -2.29. The van der Waals surface area contributed by atoms with Crippen molar-refractivity contribution in [2.45, 2.75) is 32.2 Å². The van der Waals surface area contributed by atoms with Gasteiger partial charge in [0.2, 0.25) is 0 Å². The summed E-state index contributed by atoms with van der Waals surface area (Å²) < 4.78 is 1.85. The van der Waals surface area contributed by atoms with Crippen molar-refractivity contribution in [2.75, 3.05) is 6.61 Å². The zero-order chi connectivity index (χ0) is 15.3. The SMILES string of the molecule is CCC(C)(CCO)NC(=O)c1cccc(-n2ccnc2)c1. The number of aliphatic hydroxyl groups is 1. The molecule has 21 heavy (non-hydrogen) atoms.